The number of carbonyl (C=O) groups is 2. The largest absolute Gasteiger partial charge is 0.451 e. The summed E-state index contributed by atoms with van der Waals surface area (Å²) >= 11 is 1.98. The van der Waals surface area contributed by atoms with E-state index in [1.807, 2.05) is 46.8 Å². The number of hydrogen-bond acceptors (Lipinski definition) is 4. The van der Waals surface area contributed by atoms with E-state index in [4.69, 9.17) is 4.42 Å². The third-order valence-corrected chi connectivity index (χ3v) is 8.66. The quantitative estimate of drug-likeness (QED) is 0.467. The molecule has 2 fully saturated rings. The molecule has 5 nitrogen and oxygen atoms in total. The average Bonchev–Trinajstić information content (AvgIpc) is 3.24. The van der Waals surface area contributed by atoms with Crippen molar-refractivity contribution in [3.8, 4) is 0 Å². The minimum atomic E-state index is -0.0179. The van der Waals surface area contributed by atoms with Crippen molar-refractivity contribution in [1.82, 2.24) is 9.80 Å². The zero-order chi connectivity index (χ0) is 23.2. The molecule has 1 aromatic heterocycles. The number of benzene rings is 1. The normalized spacial score (nSPS) is 18.1. The highest BCUT2D eigenvalue weighted by Crippen LogP contribution is 2.36. The SMILES string of the molecule is CCCCN(C)C(=O)C1CCN(C(=O)c2oc3ccccc3c2CSC2CCCCC2)CC1. The van der Waals surface area contributed by atoms with E-state index < -0.39 is 0 Å². The highest BCUT2D eigenvalue weighted by atomic mass is 32.2. The second-order valence-corrected chi connectivity index (χ2v) is 10.9. The molecule has 2 aliphatic rings. The molecule has 0 radical (unpaired) electrons. The molecule has 0 N–H and O–H groups in total. The number of hydrogen-bond donors (Lipinski definition) is 0. The Kier molecular flexibility index (Phi) is 8.39. The number of rotatable bonds is 8. The molecular formula is C27H38N2O3S. The molecule has 0 unspecified atom stereocenters. The molecule has 1 aliphatic heterocycles. The third-order valence-electron chi connectivity index (χ3n) is 7.26. The Balaban J connectivity index is 1.43. The Morgan fingerprint density at radius 1 is 1.09 bits per heavy atom. The van der Waals surface area contributed by atoms with Crippen molar-refractivity contribution in [2.75, 3.05) is 26.7 Å². The van der Waals surface area contributed by atoms with Gasteiger partial charge in [0, 0.05) is 54.6 Å². The van der Waals surface area contributed by atoms with Crippen LogP contribution in [0.4, 0.5) is 0 Å². The van der Waals surface area contributed by atoms with Gasteiger partial charge in [0.15, 0.2) is 5.76 Å². The average molecular weight is 471 g/mol. The lowest BCUT2D eigenvalue weighted by molar-refractivity contribution is -0.135. The Hall–Kier alpha value is -1.95. The molecule has 1 saturated heterocycles. The van der Waals surface area contributed by atoms with Crippen LogP contribution in [0.25, 0.3) is 11.0 Å². The molecule has 33 heavy (non-hydrogen) atoms. The molecule has 2 amide bonds. The first-order valence-corrected chi connectivity index (χ1v) is 13.8. The second-order valence-electron chi connectivity index (χ2n) is 9.66. The number of carbonyl (C=O) groups excluding carboxylic acids is 2. The van der Waals surface area contributed by atoms with Crippen LogP contribution in [0.3, 0.4) is 0 Å². The number of unbranched alkanes of at least 4 members (excludes halogenated alkanes) is 1. The number of amides is 2. The molecule has 0 atom stereocenters. The third kappa shape index (κ3) is 5.76. The maximum absolute atomic E-state index is 13.5. The van der Waals surface area contributed by atoms with Crippen molar-refractivity contribution >= 4 is 34.5 Å². The van der Waals surface area contributed by atoms with E-state index in [0.29, 0.717) is 24.1 Å². The van der Waals surface area contributed by atoms with E-state index in [-0.39, 0.29) is 17.7 Å². The smallest absolute Gasteiger partial charge is 0.289 e. The van der Waals surface area contributed by atoms with Gasteiger partial charge in [-0.05, 0) is 38.2 Å². The van der Waals surface area contributed by atoms with Gasteiger partial charge < -0.3 is 14.2 Å². The van der Waals surface area contributed by atoms with Crippen molar-refractivity contribution in [3.05, 3.63) is 35.6 Å². The van der Waals surface area contributed by atoms with Crippen molar-refractivity contribution in [2.45, 2.75) is 75.7 Å². The highest BCUT2D eigenvalue weighted by molar-refractivity contribution is 7.99. The number of para-hydroxylation sites is 1. The van der Waals surface area contributed by atoms with Crippen molar-refractivity contribution in [3.63, 3.8) is 0 Å². The predicted molar refractivity (Wildman–Crippen MR) is 136 cm³/mol. The van der Waals surface area contributed by atoms with Gasteiger partial charge in [0.2, 0.25) is 5.91 Å². The topological polar surface area (TPSA) is 53.8 Å². The molecule has 1 aromatic carbocycles. The van der Waals surface area contributed by atoms with Crippen molar-refractivity contribution in [2.24, 2.45) is 5.92 Å². The number of nitrogens with zero attached hydrogens (tertiary/aromatic N) is 2. The van der Waals surface area contributed by atoms with Gasteiger partial charge in [-0.3, -0.25) is 9.59 Å². The summed E-state index contributed by atoms with van der Waals surface area (Å²) in [4.78, 5) is 30.0. The molecule has 2 aromatic rings. The van der Waals surface area contributed by atoms with Gasteiger partial charge in [0.1, 0.15) is 5.58 Å². The summed E-state index contributed by atoms with van der Waals surface area (Å²) in [7, 11) is 1.90. The number of thioether (sulfide) groups is 1. The molecule has 0 bridgehead atoms. The van der Waals surface area contributed by atoms with Crippen LogP contribution in [0.15, 0.2) is 28.7 Å². The number of piperidine rings is 1. The van der Waals surface area contributed by atoms with Crippen molar-refractivity contribution < 1.29 is 14.0 Å². The minimum Gasteiger partial charge on any atom is -0.451 e. The fraction of sp³-hybridized carbons (Fsp3) is 0.630. The first-order chi connectivity index (χ1) is 16.1. The van der Waals surface area contributed by atoms with Crippen LogP contribution in [0.5, 0.6) is 0 Å². The number of fused-ring (bicyclic) bond motifs is 1. The zero-order valence-corrected chi connectivity index (χ0v) is 21.0. The maximum Gasteiger partial charge on any atom is 0.289 e. The molecule has 1 aliphatic carbocycles. The summed E-state index contributed by atoms with van der Waals surface area (Å²) in [6.45, 7) is 4.18. The monoisotopic (exact) mass is 470 g/mol. The molecule has 6 heteroatoms. The standard InChI is InChI=1S/C27H38N2O3S/c1-3-4-16-28(2)26(30)20-14-17-29(18-15-20)27(31)25-23(19-33-21-10-6-5-7-11-21)22-12-8-9-13-24(22)32-25/h8-9,12-13,20-21H,3-7,10-11,14-19H2,1-2H3. The van der Waals surface area contributed by atoms with Gasteiger partial charge in [0.05, 0.1) is 0 Å². The zero-order valence-electron chi connectivity index (χ0n) is 20.2. The van der Waals surface area contributed by atoms with Crippen LogP contribution >= 0.6 is 11.8 Å². The van der Waals surface area contributed by atoms with Crippen LogP contribution < -0.4 is 0 Å². The number of likely N-dealkylation sites (tertiary alicyclic amines) is 1. The van der Waals surface area contributed by atoms with Crippen LogP contribution in [-0.2, 0) is 10.5 Å². The van der Waals surface area contributed by atoms with Crippen molar-refractivity contribution in [1.29, 1.82) is 0 Å². The predicted octanol–water partition coefficient (Wildman–Crippen LogP) is 6.11. The van der Waals surface area contributed by atoms with Gasteiger partial charge in [-0.25, -0.2) is 0 Å². The van der Waals surface area contributed by atoms with E-state index in [1.54, 1.807) is 0 Å². The first-order valence-electron chi connectivity index (χ1n) is 12.7. The maximum atomic E-state index is 13.5. The Morgan fingerprint density at radius 2 is 1.82 bits per heavy atom. The van der Waals surface area contributed by atoms with Gasteiger partial charge in [0.25, 0.3) is 5.91 Å². The van der Waals surface area contributed by atoms with Gasteiger partial charge in [-0.15, -0.1) is 0 Å². The van der Waals surface area contributed by atoms with Crippen LogP contribution in [0.1, 0.15) is 80.8 Å². The fourth-order valence-corrected chi connectivity index (χ4v) is 6.49. The van der Waals surface area contributed by atoms with Crippen LogP contribution in [-0.4, -0.2) is 53.5 Å². The summed E-state index contributed by atoms with van der Waals surface area (Å²) in [5.41, 5.74) is 1.84. The summed E-state index contributed by atoms with van der Waals surface area (Å²) in [6, 6.07) is 8.01. The van der Waals surface area contributed by atoms with E-state index in [0.717, 1.165) is 54.5 Å². The Labute approximate surface area is 202 Å². The van der Waals surface area contributed by atoms with Gasteiger partial charge >= 0.3 is 0 Å². The van der Waals surface area contributed by atoms with Gasteiger partial charge in [-0.1, -0.05) is 50.8 Å². The highest BCUT2D eigenvalue weighted by Gasteiger charge is 2.32. The summed E-state index contributed by atoms with van der Waals surface area (Å²) in [5.74, 6) is 1.55. The summed E-state index contributed by atoms with van der Waals surface area (Å²) in [6.07, 6.45) is 10.1. The second kappa shape index (κ2) is 11.5. The number of furan rings is 1. The summed E-state index contributed by atoms with van der Waals surface area (Å²) in [5, 5.41) is 1.74. The molecule has 4 rings (SSSR count). The fourth-order valence-electron chi connectivity index (χ4n) is 5.14. The molecule has 0 spiro atoms. The van der Waals surface area contributed by atoms with E-state index in [2.05, 4.69) is 13.0 Å². The van der Waals surface area contributed by atoms with Crippen LogP contribution in [0.2, 0.25) is 0 Å². The van der Waals surface area contributed by atoms with E-state index >= 15 is 0 Å². The lowest BCUT2D eigenvalue weighted by Gasteiger charge is -2.33. The van der Waals surface area contributed by atoms with E-state index in [1.165, 1.54) is 32.1 Å². The molecule has 180 valence electrons. The Morgan fingerprint density at radius 3 is 2.55 bits per heavy atom. The van der Waals surface area contributed by atoms with Crippen LogP contribution in [0, 0.1) is 5.92 Å². The van der Waals surface area contributed by atoms with Gasteiger partial charge in [-0.2, -0.15) is 11.8 Å². The first kappa shape index (κ1) is 24.2. The molecular weight excluding hydrogens is 432 g/mol. The van der Waals surface area contributed by atoms with E-state index in [9.17, 15) is 9.59 Å². The minimum absolute atomic E-state index is 0.0179. The lowest BCUT2D eigenvalue weighted by atomic mass is 9.95. The Bertz CT molecular complexity index is 942. The molecule has 1 saturated carbocycles. The molecule has 2 heterocycles. The lowest BCUT2D eigenvalue weighted by Crippen LogP contribution is -2.43. The summed E-state index contributed by atoms with van der Waals surface area (Å²) < 4.78 is 6.13.